The van der Waals surface area contributed by atoms with Crippen LogP contribution < -0.4 is 5.32 Å². The maximum absolute atomic E-state index is 12.7. The lowest BCUT2D eigenvalue weighted by molar-refractivity contribution is 0.196. The number of nitrogens with zero attached hydrogens (tertiary/aromatic N) is 2. The van der Waals surface area contributed by atoms with Crippen LogP contribution in [0.15, 0.2) is 34.7 Å². The molecule has 7 heteroatoms. The smallest absolute Gasteiger partial charge is 0.322 e. The fraction of sp³-hybridized carbons (Fsp3) is 0.353. The molecular weight excluding hydrogens is 349 g/mol. The molecule has 0 bridgehead atoms. The summed E-state index contributed by atoms with van der Waals surface area (Å²) in [4.78, 5) is 16.3. The van der Waals surface area contributed by atoms with Crippen LogP contribution in [0, 0.1) is 6.92 Å². The highest BCUT2D eigenvalue weighted by molar-refractivity contribution is 6.35. The van der Waals surface area contributed by atoms with Crippen LogP contribution >= 0.6 is 23.2 Å². The molecule has 0 aliphatic rings. The fourth-order valence-electron chi connectivity index (χ4n) is 2.12. The van der Waals surface area contributed by atoms with Gasteiger partial charge < -0.3 is 19.5 Å². The number of nitrogens with one attached hydrogen (secondary N) is 1. The van der Waals surface area contributed by atoms with Crippen LogP contribution in [0.5, 0.6) is 0 Å². The van der Waals surface area contributed by atoms with Gasteiger partial charge in [0.15, 0.2) is 0 Å². The summed E-state index contributed by atoms with van der Waals surface area (Å²) < 4.78 is 5.58. The topological polar surface area (TPSA) is 48.7 Å². The molecular formula is C17H21Cl2N3O2. The predicted molar refractivity (Wildman–Crippen MR) is 97.9 cm³/mol. The van der Waals surface area contributed by atoms with Crippen LogP contribution in [0.1, 0.15) is 11.5 Å². The van der Waals surface area contributed by atoms with Crippen molar-refractivity contribution in [1.29, 1.82) is 0 Å². The second-order valence-corrected chi connectivity index (χ2v) is 6.64. The Hall–Kier alpha value is -1.69. The van der Waals surface area contributed by atoms with E-state index in [2.05, 4.69) is 5.32 Å². The van der Waals surface area contributed by atoms with Gasteiger partial charge >= 0.3 is 6.03 Å². The second kappa shape index (κ2) is 8.42. The largest absolute Gasteiger partial charge is 0.464 e. The molecule has 2 aromatic rings. The second-order valence-electron chi connectivity index (χ2n) is 5.79. The average molecular weight is 370 g/mol. The van der Waals surface area contributed by atoms with Crippen LogP contribution in [-0.2, 0) is 6.54 Å². The lowest BCUT2D eigenvalue weighted by Crippen LogP contribution is -2.39. The van der Waals surface area contributed by atoms with Crippen molar-refractivity contribution >= 4 is 34.9 Å². The van der Waals surface area contributed by atoms with Gasteiger partial charge in [-0.2, -0.15) is 0 Å². The molecule has 2 amide bonds. The lowest BCUT2D eigenvalue weighted by Gasteiger charge is -2.24. The highest BCUT2D eigenvalue weighted by Crippen LogP contribution is 2.25. The quantitative estimate of drug-likeness (QED) is 0.815. The average Bonchev–Trinajstić information content (AvgIpc) is 2.92. The van der Waals surface area contributed by atoms with E-state index in [0.29, 0.717) is 28.8 Å². The molecule has 0 aliphatic heterocycles. The number of halogens is 2. The van der Waals surface area contributed by atoms with Gasteiger partial charge in [-0.3, -0.25) is 0 Å². The standard InChI is InChI=1S/C17H21Cl2N3O2/c1-12-4-6-14(24-12)11-22(9-8-21(2)3)17(23)20-16-10-13(18)5-7-15(16)19/h4-7,10H,8-9,11H2,1-3H3,(H,20,23). The summed E-state index contributed by atoms with van der Waals surface area (Å²) in [5, 5.41) is 3.76. The maximum Gasteiger partial charge on any atom is 0.322 e. The minimum absolute atomic E-state index is 0.255. The first-order valence-corrected chi connectivity index (χ1v) is 8.32. The van der Waals surface area contributed by atoms with Crippen molar-refractivity contribution in [2.24, 2.45) is 0 Å². The number of amides is 2. The van der Waals surface area contributed by atoms with Gasteiger partial charge in [-0.1, -0.05) is 23.2 Å². The SMILES string of the molecule is Cc1ccc(CN(CCN(C)C)C(=O)Nc2cc(Cl)ccc2Cl)o1. The van der Waals surface area contributed by atoms with Crippen molar-refractivity contribution in [3.05, 3.63) is 51.9 Å². The third-order valence-electron chi connectivity index (χ3n) is 3.42. The number of likely N-dealkylation sites (N-methyl/N-ethyl adjacent to an activating group) is 1. The number of benzene rings is 1. The third-order valence-corrected chi connectivity index (χ3v) is 3.98. The van der Waals surface area contributed by atoms with Gasteiger partial charge in [0.2, 0.25) is 0 Å². The summed E-state index contributed by atoms with van der Waals surface area (Å²) in [6, 6.07) is 8.45. The lowest BCUT2D eigenvalue weighted by atomic mass is 10.3. The van der Waals surface area contributed by atoms with E-state index < -0.39 is 0 Å². The van der Waals surface area contributed by atoms with Crippen LogP contribution in [-0.4, -0.2) is 43.0 Å². The van der Waals surface area contributed by atoms with Crippen molar-refractivity contribution in [3.63, 3.8) is 0 Å². The molecule has 0 radical (unpaired) electrons. The first kappa shape index (κ1) is 18.6. The van der Waals surface area contributed by atoms with Crippen LogP contribution in [0.3, 0.4) is 0 Å². The van der Waals surface area contributed by atoms with Crippen molar-refractivity contribution in [1.82, 2.24) is 9.80 Å². The van der Waals surface area contributed by atoms with E-state index in [1.165, 1.54) is 0 Å². The molecule has 0 spiro atoms. The highest BCUT2D eigenvalue weighted by Gasteiger charge is 2.17. The number of carbonyl (C=O) groups excluding carboxylic acids is 1. The Morgan fingerprint density at radius 1 is 1.17 bits per heavy atom. The Bertz CT molecular complexity index is 701. The van der Waals surface area contributed by atoms with Crippen molar-refractivity contribution in [3.8, 4) is 0 Å². The Labute approximate surface area is 152 Å². The van der Waals surface area contributed by atoms with E-state index >= 15 is 0 Å². The fourth-order valence-corrected chi connectivity index (χ4v) is 2.46. The molecule has 24 heavy (non-hydrogen) atoms. The number of anilines is 1. The van der Waals surface area contributed by atoms with E-state index in [0.717, 1.165) is 18.1 Å². The minimum atomic E-state index is -0.255. The van der Waals surface area contributed by atoms with Crippen molar-refractivity contribution in [2.75, 3.05) is 32.5 Å². The molecule has 2 rings (SSSR count). The number of aryl methyl sites for hydroxylation is 1. The molecule has 0 saturated heterocycles. The van der Waals surface area contributed by atoms with E-state index in [1.807, 2.05) is 38.1 Å². The molecule has 1 N–H and O–H groups in total. The summed E-state index contributed by atoms with van der Waals surface area (Å²) in [6.07, 6.45) is 0. The Morgan fingerprint density at radius 2 is 1.92 bits per heavy atom. The molecule has 0 fully saturated rings. The molecule has 0 saturated carbocycles. The number of hydrogen-bond acceptors (Lipinski definition) is 3. The van der Waals surface area contributed by atoms with Gasteiger partial charge in [0, 0.05) is 18.1 Å². The van der Waals surface area contributed by atoms with E-state index in [9.17, 15) is 4.79 Å². The van der Waals surface area contributed by atoms with E-state index in [1.54, 1.807) is 23.1 Å². The number of carbonyl (C=O) groups is 1. The number of urea groups is 1. The number of rotatable bonds is 6. The molecule has 0 atom stereocenters. The van der Waals surface area contributed by atoms with Gasteiger partial charge in [-0.25, -0.2) is 4.79 Å². The van der Waals surface area contributed by atoms with Gasteiger partial charge in [-0.15, -0.1) is 0 Å². The van der Waals surface area contributed by atoms with Crippen molar-refractivity contribution in [2.45, 2.75) is 13.5 Å². The molecule has 130 valence electrons. The predicted octanol–water partition coefficient (Wildman–Crippen LogP) is 4.49. The van der Waals surface area contributed by atoms with Crippen LogP contribution in [0.4, 0.5) is 10.5 Å². The van der Waals surface area contributed by atoms with Gasteiger partial charge in [0.25, 0.3) is 0 Å². The van der Waals surface area contributed by atoms with Crippen molar-refractivity contribution < 1.29 is 9.21 Å². The molecule has 0 aliphatic carbocycles. The third kappa shape index (κ3) is 5.44. The van der Waals surface area contributed by atoms with E-state index in [-0.39, 0.29) is 6.03 Å². The number of hydrogen-bond donors (Lipinski definition) is 1. The summed E-state index contributed by atoms with van der Waals surface area (Å²) in [5.74, 6) is 1.55. The first-order chi connectivity index (χ1) is 11.3. The summed E-state index contributed by atoms with van der Waals surface area (Å²) in [5.41, 5.74) is 0.486. The molecule has 1 aromatic carbocycles. The highest BCUT2D eigenvalue weighted by atomic mass is 35.5. The zero-order valence-corrected chi connectivity index (χ0v) is 15.5. The van der Waals surface area contributed by atoms with E-state index in [4.69, 9.17) is 27.6 Å². The van der Waals surface area contributed by atoms with Crippen LogP contribution in [0.25, 0.3) is 0 Å². The van der Waals surface area contributed by atoms with Gasteiger partial charge in [-0.05, 0) is 51.4 Å². The summed E-state index contributed by atoms with van der Waals surface area (Å²) in [7, 11) is 3.92. The molecule has 1 aromatic heterocycles. The van der Waals surface area contributed by atoms with Gasteiger partial charge in [0.05, 0.1) is 17.3 Å². The van der Waals surface area contributed by atoms with Crippen LogP contribution in [0.2, 0.25) is 10.0 Å². The molecule has 1 heterocycles. The maximum atomic E-state index is 12.7. The Kier molecular flexibility index (Phi) is 6.54. The van der Waals surface area contributed by atoms with Gasteiger partial charge in [0.1, 0.15) is 11.5 Å². The Morgan fingerprint density at radius 3 is 2.54 bits per heavy atom. The zero-order valence-electron chi connectivity index (χ0n) is 14.0. The first-order valence-electron chi connectivity index (χ1n) is 7.56. The monoisotopic (exact) mass is 369 g/mol. The normalized spacial score (nSPS) is 10.9. The summed E-state index contributed by atoms with van der Waals surface area (Å²) in [6.45, 7) is 3.54. The Balaban J connectivity index is 2.12. The molecule has 0 unspecified atom stereocenters. The zero-order chi connectivity index (χ0) is 17.7. The minimum Gasteiger partial charge on any atom is -0.464 e. The summed E-state index contributed by atoms with van der Waals surface area (Å²) >= 11 is 12.1. The number of furan rings is 1. The molecule has 5 nitrogen and oxygen atoms in total.